The lowest BCUT2D eigenvalue weighted by molar-refractivity contribution is 0.506. The van der Waals surface area contributed by atoms with Crippen molar-refractivity contribution in [2.75, 3.05) is 5.32 Å². The molecule has 0 saturated heterocycles. The van der Waals surface area contributed by atoms with Crippen molar-refractivity contribution in [1.82, 2.24) is 9.88 Å². The molecule has 2 N–H and O–H groups in total. The molecule has 11 rings (SSSR count). The predicted molar refractivity (Wildman–Crippen MR) is 226 cm³/mol. The van der Waals surface area contributed by atoms with Crippen LogP contribution in [-0.4, -0.2) is 4.57 Å². The molecule has 0 spiro atoms. The first-order chi connectivity index (χ1) is 26.5. The fourth-order valence-electron chi connectivity index (χ4n) is 9.42. The summed E-state index contributed by atoms with van der Waals surface area (Å²) in [5.74, 6) is 0. The number of hydrogen-bond acceptors (Lipinski definition) is 2. The van der Waals surface area contributed by atoms with E-state index < -0.39 is 0 Å². The molecule has 2 atom stereocenters. The van der Waals surface area contributed by atoms with E-state index >= 15 is 0 Å². The number of benzene rings is 8. The molecule has 0 amide bonds. The molecule has 0 radical (unpaired) electrons. The minimum atomic E-state index is -0.122. The first kappa shape index (κ1) is 31.1. The maximum Gasteiger partial charge on any atom is 0.104 e. The lowest BCUT2D eigenvalue weighted by Crippen LogP contribution is -2.37. The van der Waals surface area contributed by atoms with Gasteiger partial charge >= 0.3 is 0 Å². The van der Waals surface area contributed by atoms with E-state index in [2.05, 4.69) is 205 Å². The minimum Gasteiger partial charge on any atom is -0.366 e. The maximum absolute atomic E-state index is 3.98. The highest BCUT2D eigenvalue weighted by atomic mass is 15.2. The summed E-state index contributed by atoms with van der Waals surface area (Å²) in [6.07, 6.45) is -0.0602. The molecule has 0 saturated carbocycles. The van der Waals surface area contributed by atoms with E-state index in [1.54, 1.807) is 0 Å². The molecule has 54 heavy (non-hydrogen) atoms. The van der Waals surface area contributed by atoms with Gasteiger partial charge in [0.25, 0.3) is 0 Å². The molecule has 2 heterocycles. The molecule has 9 aromatic rings. The van der Waals surface area contributed by atoms with E-state index in [1.807, 2.05) is 0 Å². The summed E-state index contributed by atoms with van der Waals surface area (Å²) in [5.41, 5.74) is 16.4. The minimum absolute atomic E-state index is 0.0431. The number of para-hydroxylation sites is 2. The van der Waals surface area contributed by atoms with Gasteiger partial charge in [-0.3, -0.25) is 5.32 Å². The first-order valence-electron chi connectivity index (χ1n) is 19.0. The largest absolute Gasteiger partial charge is 0.366 e. The predicted octanol–water partition coefficient (Wildman–Crippen LogP) is 12.7. The summed E-state index contributed by atoms with van der Waals surface area (Å²) in [7, 11) is 0. The average Bonchev–Trinajstić information content (AvgIpc) is 3.69. The highest BCUT2D eigenvalue weighted by molar-refractivity contribution is 6.13. The third-order valence-corrected chi connectivity index (χ3v) is 12.1. The van der Waals surface area contributed by atoms with Crippen molar-refractivity contribution in [1.29, 1.82) is 0 Å². The molecule has 2 aliphatic rings. The number of rotatable bonds is 4. The van der Waals surface area contributed by atoms with Crippen molar-refractivity contribution < 1.29 is 0 Å². The highest BCUT2D eigenvalue weighted by Crippen LogP contribution is 2.53. The molecule has 1 aliphatic carbocycles. The van der Waals surface area contributed by atoms with Gasteiger partial charge < -0.3 is 9.88 Å². The molecule has 1 aliphatic heterocycles. The zero-order valence-corrected chi connectivity index (χ0v) is 30.3. The van der Waals surface area contributed by atoms with E-state index in [0.29, 0.717) is 0 Å². The van der Waals surface area contributed by atoms with Gasteiger partial charge in [0.15, 0.2) is 0 Å². The van der Waals surface area contributed by atoms with Crippen molar-refractivity contribution in [3.8, 4) is 27.9 Å². The van der Waals surface area contributed by atoms with Crippen LogP contribution < -0.4 is 10.6 Å². The lowest BCUT2D eigenvalue weighted by Gasteiger charge is -2.35. The topological polar surface area (TPSA) is 29.0 Å². The first-order valence-corrected chi connectivity index (χ1v) is 19.0. The Balaban J connectivity index is 0.965. The number of anilines is 1. The smallest absolute Gasteiger partial charge is 0.104 e. The number of aromatic nitrogens is 1. The van der Waals surface area contributed by atoms with Crippen molar-refractivity contribution >= 4 is 38.3 Å². The Labute approximate surface area is 315 Å². The van der Waals surface area contributed by atoms with Crippen molar-refractivity contribution in [3.63, 3.8) is 0 Å². The van der Waals surface area contributed by atoms with Crippen LogP contribution in [0.25, 0.3) is 60.5 Å². The number of fused-ring (bicyclic) bond motifs is 9. The van der Waals surface area contributed by atoms with E-state index in [4.69, 9.17) is 0 Å². The molecule has 0 fully saturated rings. The molecular weight excluding hydrogens is 655 g/mol. The number of nitrogens with zero attached hydrogens (tertiary/aromatic N) is 1. The van der Waals surface area contributed by atoms with Gasteiger partial charge in [0.2, 0.25) is 0 Å². The van der Waals surface area contributed by atoms with Crippen molar-refractivity contribution in [2.45, 2.75) is 31.5 Å². The Morgan fingerprint density at radius 2 is 1.24 bits per heavy atom. The zero-order chi connectivity index (χ0) is 36.0. The molecule has 258 valence electrons. The SMILES string of the molecule is CC1(C)c2ccccc2-c2ccc3c4ccccc4n(-c4ccc(C5Nc6ccccc6C(c6ccc(-c7ccc8ccccc8c7)cc6)N5)cc4)c3c21. The van der Waals surface area contributed by atoms with Crippen LogP contribution in [0.15, 0.2) is 176 Å². The molecule has 8 aromatic carbocycles. The Morgan fingerprint density at radius 1 is 0.537 bits per heavy atom. The van der Waals surface area contributed by atoms with E-state index in [-0.39, 0.29) is 17.6 Å². The third-order valence-electron chi connectivity index (χ3n) is 12.1. The Morgan fingerprint density at radius 3 is 2.11 bits per heavy atom. The molecule has 2 unspecified atom stereocenters. The van der Waals surface area contributed by atoms with E-state index in [0.717, 1.165) is 5.69 Å². The third kappa shape index (κ3) is 4.65. The quantitative estimate of drug-likeness (QED) is 0.192. The Hall–Kier alpha value is -6.42. The standard InChI is InChI=1S/C51H39N3/c1-51(2)44-16-8-5-13-39(44)41-29-30-42-40-14-7-10-18-46(40)54(49(42)47(41)51)38-27-25-35(26-28-38)50-52-45-17-9-6-15-43(45)48(53-50)34-22-19-33(20-23-34)37-24-21-32-11-3-4-12-36(32)31-37/h3-31,48,50,52-53H,1-2H3. The van der Waals surface area contributed by atoms with Gasteiger partial charge in [-0.1, -0.05) is 159 Å². The van der Waals surface area contributed by atoms with Gasteiger partial charge in [-0.15, -0.1) is 0 Å². The number of nitrogens with one attached hydrogen (secondary N) is 2. The highest BCUT2D eigenvalue weighted by Gasteiger charge is 2.38. The fraction of sp³-hybridized carbons (Fsp3) is 0.0980. The zero-order valence-electron chi connectivity index (χ0n) is 30.3. The van der Waals surface area contributed by atoms with E-state index in [1.165, 1.54) is 88.3 Å². The molecule has 3 heteroatoms. The van der Waals surface area contributed by atoms with Crippen LogP contribution in [0.5, 0.6) is 0 Å². The van der Waals surface area contributed by atoms with Gasteiger partial charge in [-0.25, -0.2) is 0 Å². The van der Waals surface area contributed by atoms with Gasteiger partial charge in [0.05, 0.1) is 17.1 Å². The van der Waals surface area contributed by atoms with Crippen LogP contribution in [-0.2, 0) is 5.41 Å². The summed E-state index contributed by atoms with van der Waals surface area (Å²) in [5, 5.41) is 12.9. The second-order valence-corrected chi connectivity index (χ2v) is 15.4. The molecular formula is C51H39N3. The average molecular weight is 694 g/mol. The van der Waals surface area contributed by atoms with Crippen LogP contribution in [0.2, 0.25) is 0 Å². The monoisotopic (exact) mass is 693 g/mol. The Bertz CT molecular complexity index is 2910. The maximum atomic E-state index is 3.98. The second kappa shape index (κ2) is 11.8. The second-order valence-electron chi connectivity index (χ2n) is 15.4. The van der Waals surface area contributed by atoms with Crippen LogP contribution in [0.1, 0.15) is 53.9 Å². The van der Waals surface area contributed by atoms with Gasteiger partial charge in [-0.05, 0) is 91.2 Å². The summed E-state index contributed by atoms with van der Waals surface area (Å²) in [6, 6.07) is 64.7. The summed E-state index contributed by atoms with van der Waals surface area (Å²) in [4.78, 5) is 0. The molecule has 1 aromatic heterocycles. The van der Waals surface area contributed by atoms with Crippen LogP contribution in [0, 0.1) is 0 Å². The van der Waals surface area contributed by atoms with E-state index in [9.17, 15) is 0 Å². The Kier molecular flexibility index (Phi) is 6.80. The number of hydrogen-bond donors (Lipinski definition) is 2. The fourth-order valence-corrected chi connectivity index (χ4v) is 9.42. The van der Waals surface area contributed by atoms with Crippen LogP contribution >= 0.6 is 0 Å². The van der Waals surface area contributed by atoms with Gasteiger partial charge in [0.1, 0.15) is 6.17 Å². The molecule has 3 nitrogen and oxygen atoms in total. The normalized spacial score (nSPS) is 16.9. The summed E-state index contributed by atoms with van der Waals surface area (Å²) < 4.78 is 2.50. The molecule has 0 bridgehead atoms. The van der Waals surface area contributed by atoms with Crippen molar-refractivity contribution in [3.05, 3.63) is 204 Å². The summed E-state index contributed by atoms with van der Waals surface area (Å²) >= 11 is 0. The van der Waals surface area contributed by atoms with Gasteiger partial charge in [0, 0.05) is 27.6 Å². The van der Waals surface area contributed by atoms with Gasteiger partial charge in [-0.2, -0.15) is 0 Å². The lowest BCUT2D eigenvalue weighted by atomic mass is 9.81. The van der Waals surface area contributed by atoms with Crippen molar-refractivity contribution in [2.24, 2.45) is 0 Å². The van der Waals surface area contributed by atoms with Crippen LogP contribution in [0.3, 0.4) is 0 Å². The van der Waals surface area contributed by atoms with Crippen LogP contribution in [0.4, 0.5) is 5.69 Å². The summed E-state index contributed by atoms with van der Waals surface area (Å²) in [6.45, 7) is 4.77.